The third-order valence-electron chi connectivity index (χ3n) is 3.08. The van der Waals surface area contributed by atoms with Crippen LogP contribution >= 0.6 is 15.9 Å². The molecule has 0 saturated carbocycles. The molecule has 0 heterocycles. The standard InChI is InChI=1S/C15H14BrFN2O/c1-8-3-4-13(18)9(2)14(8)19-15(20)10-5-11(16)7-12(17)6-10/h3-7H,18H2,1-2H3,(H,19,20). The number of hydrogen-bond acceptors (Lipinski definition) is 2. The molecule has 20 heavy (non-hydrogen) atoms. The van der Waals surface area contributed by atoms with Crippen molar-refractivity contribution in [1.82, 2.24) is 0 Å². The van der Waals surface area contributed by atoms with Gasteiger partial charge in [0.1, 0.15) is 5.82 Å². The molecule has 2 aromatic rings. The molecule has 2 rings (SSSR count). The lowest BCUT2D eigenvalue weighted by Gasteiger charge is -2.13. The monoisotopic (exact) mass is 336 g/mol. The molecule has 0 aliphatic carbocycles. The molecule has 5 heteroatoms. The number of carbonyl (C=O) groups excluding carboxylic acids is 1. The normalized spacial score (nSPS) is 10.4. The summed E-state index contributed by atoms with van der Waals surface area (Å²) in [5.74, 6) is -0.840. The van der Waals surface area contributed by atoms with E-state index in [0.29, 0.717) is 15.8 Å². The summed E-state index contributed by atoms with van der Waals surface area (Å²) in [4.78, 5) is 12.2. The van der Waals surface area contributed by atoms with Crippen LogP contribution in [0.5, 0.6) is 0 Å². The number of anilines is 2. The zero-order chi connectivity index (χ0) is 14.9. The molecule has 1 amide bonds. The van der Waals surface area contributed by atoms with E-state index in [4.69, 9.17) is 5.73 Å². The smallest absolute Gasteiger partial charge is 0.255 e. The highest BCUT2D eigenvalue weighted by Gasteiger charge is 2.12. The molecular formula is C15H14BrFN2O. The van der Waals surface area contributed by atoms with Crippen LogP contribution in [0, 0.1) is 19.7 Å². The minimum atomic E-state index is -0.467. The van der Waals surface area contributed by atoms with Crippen molar-refractivity contribution in [2.45, 2.75) is 13.8 Å². The van der Waals surface area contributed by atoms with E-state index >= 15 is 0 Å². The van der Waals surface area contributed by atoms with Crippen LogP contribution in [0.3, 0.4) is 0 Å². The first kappa shape index (κ1) is 14.5. The molecule has 0 saturated heterocycles. The molecule has 3 N–H and O–H groups in total. The summed E-state index contributed by atoms with van der Waals surface area (Å²) in [6, 6.07) is 7.68. The minimum absolute atomic E-state index is 0.248. The van der Waals surface area contributed by atoms with Gasteiger partial charge < -0.3 is 11.1 Å². The maximum Gasteiger partial charge on any atom is 0.255 e. The largest absolute Gasteiger partial charge is 0.398 e. The van der Waals surface area contributed by atoms with Crippen molar-refractivity contribution in [1.29, 1.82) is 0 Å². The molecule has 0 bridgehead atoms. The molecule has 3 nitrogen and oxygen atoms in total. The predicted molar refractivity (Wildman–Crippen MR) is 82.4 cm³/mol. The highest BCUT2D eigenvalue weighted by molar-refractivity contribution is 9.10. The lowest BCUT2D eigenvalue weighted by molar-refractivity contribution is 0.102. The summed E-state index contributed by atoms with van der Waals surface area (Å²) in [6.07, 6.45) is 0. The Bertz CT molecular complexity index is 666. The number of nitrogens with one attached hydrogen (secondary N) is 1. The van der Waals surface area contributed by atoms with Gasteiger partial charge in [0.25, 0.3) is 5.91 Å². The lowest BCUT2D eigenvalue weighted by atomic mass is 10.1. The van der Waals surface area contributed by atoms with Crippen LogP contribution in [0.4, 0.5) is 15.8 Å². The van der Waals surface area contributed by atoms with Crippen molar-refractivity contribution in [3.8, 4) is 0 Å². The van der Waals surface area contributed by atoms with Gasteiger partial charge in [-0.1, -0.05) is 22.0 Å². The second-order valence-electron chi connectivity index (χ2n) is 4.58. The van der Waals surface area contributed by atoms with Gasteiger partial charge in [0.2, 0.25) is 0 Å². The highest BCUT2D eigenvalue weighted by Crippen LogP contribution is 2.26. The third-order valence-corrected chi connectivity index (χ3v) is 3.54. The zero-order valence-electron chi connectivity index (χ0n) is 11.1. The van der Waals surface area contributed by atoms with Crippen LogP contribution in [0.25, 0.3) is 0 Å². The minimum Gasteiger partial charge on any atom is -0.398 e. The second kappa shape index (κ2) is 5.63. The molecule has 0 spiro atoms. The summed E-state index contributed by atoms with van der Waals surface area (Å²) >= 11 is 3.17. The Morgan fingerprint density at radius 2 is 1.95 bits per heavy atom. The van der Waals surface area contributed by atoms with E-state index in [2.05, 4.69) is 21.2 Å². The number of nitrogen functional groups attached to an aromatic ring is 1. The van der Waals surface area contributed by atoms with Crippen LogP contribution in [0.15, 0.2) is 34.8 Å². The van der Waals surface area contributed by atoms with Crippen LogP contribution in [-0.2, 0) is 0 Å². The first-order valence-corrected chi connectivity index (χ1v) is 6.81. The third kappa shape index (κ3) is 2.99. The highest BCUT2D eigenvalue weighted by atomic mass is 79.9. The summed E-state index contributed by atoms with van der Waals surface area (Å²) in [6.45, 7) is 3.71. The van der Waals surface area contributed by atoms with E-state index in [0.717, 1.165) is 11.1 Å². The van der Waals surface area contributed by atoms with Gasteiger partial charge in [-0.2, -0.15) is 0 Å². The van der Waals surface area contributed by atoms with Gasteiger partial charge in [0, 0.05) is 21.4 Å². The summed E-state index contributed by atoms with van der Waals surface area (Å²) in [5, 5.41) is 2.78. The average molecular weight is 337 g/mol. The Morgan fingerprint density at radius 1 is 1.25 bits per heavy atom. The fourth-order valence-electron chi connectivity index (χ4n) is 1.93. The maximum absolute atomic E-state index is 13.3. The Balaban J connectivity index is 2.35. The fraction of sp³-hybridized carbons (Fsp3) is 0.133. The van der Waals surface area contributed by atoms with Crippen molar-refractivity contribution in [3.63, 3.8) is 0 Å². The number of amides is 1. The first-order chi connectivity index (χ1) is 9.38. The van der Waals surface area contributed by atoms with Crippen molar-refractivity contribution in [2.24, 2.45) is 0 Å². The molecule has 0 unspecified atom stereocenters. The Morgan fingerprint density at radius 3 is 2.60 bits per heavy atom. The number of halogens is 2. The molecular weight excluding hydrogens is 323 g/mol. The van der Waals surface area contributed by atoms with Crippen LogP contribution in [0.2, 0.25) is 0 Å². The predicted octanol–water partition coefficient (Wildman–Crippen LogP) is 4.04. The number of aryl methyl sites for hydroxylation is 1. The molecule has 104 valence electrons. The zero-order valence-corrected chi connectivity index (χ0v) is 12.7. The van der Waals surface area contributed by atoms with E-state index in [1.807, 2.05) is 19.9 Å². The summed E-state index contributed by atoms with van der Waals surface area (Å²) in [5.41, 5.74) is 9.05. The van der Waals surface area contributed by atoms with Crippen LogP contribution < -0.4 is 11.1 Å². The second-order valence-corrected chi connectivity index (χ2v) is 5.50. The molecule has 0 fully saturated rings. The van der Waals surface area contributed by atoms with Crippen LogP contribution in [-0.4, -0.2) is 5.91 Å². The molecule has 0 radical (unpaired) electrons. The molecule has 2 aromatic carbocycles. The van der Waals surface area contributed by atoms with E-state index < -0.39 is 5.82 Å². The SMILES string of the molecule is Cc1ccc(N)c(C)c1NC(=O)c1cc(F)cc(Br)c1. The number of nitrogens with two attached hydrogens (primary N) is 1. The fourth-order valence-corrected chi connectivity index (χ4v) is 2.39. The van der Waals surface area contributed by atoms with Crippen molar-refractivity contribution in [2.75, 3.05) is 11.1 Å². The first-order valence-electron chi connectivity index (χ1n) is 6.01. The molecule has 0 aliphatic heterocycles. The van der Waals surface area contributed by atoms with E-state index in [9.17, 15) is 9.18 Å². The Hall–Kier alpha value is -1.88. The topological polar surface area (TPSA) is 55.1 Å². The van der Waals surface area contributed by atoms with Gasteiger partial charge in [-0.3, -0.25) is 4.79 Å². The van der Waals surface area contributed by atoms with Crippen LogP contribution in [0.1, 0.15) is 21.5 Å². The van der Waals surface area contributed by atoms with Gasteiger partial charge in [-0.15, -0.1) is 0 Å². The van der Waals surface area contributed by atoms with Gasteiger partial charge in [-0.25, -0.2) is 4.39 Å². The number of rotatable bonds is 2. The number of benzene rings is 2. The van der Waals surface area contributed by atoms with Crippen molar-refractivity contribution < 1.29 is 9.18 Å². The van der Waals surface area contributed by atoms with E-state index in [1.165, 1.54) is 12.1 Å². The average Bonchev–Trinajstić information content (AvgIpc) is 2.38. The van der Waals surface area contributed by atoms with Crippen molar-refractivity contribution >= 4 is 33.2 Å². The van der Waals surface area contributed by atoms with Crippen molar-refractivity contribution in [3.05, 3.63) is 57.3 Å². The summed E-state index contributed by atoms with van der Waals surface area (Å²) in [7, 11) is 0. The van der Waals surface area contributed by atoms with Gasteiger partial charge in [0.15, 0.2) is 0 Å². The van der Waals surface area contributed by atoms with E-state index in [-0.39, 0.29) is 11.5 Å². The van der Waals surface area contributed by atoms with Gasteiger partial charge in [0.05, 0.1) is 0 Å². The van der Waals surface area contributed by atoms with E-state index in [1.54, 1.807) is 12.1 Å². The Kier molecular flexibility index (Phi) is 4.09. The Labute approximate surface area is 125 Å². The lowest BCUT2D eigenvalue weighted by Crippen LogP contribution is -2.14. The maximum atomic E-state index is 13.3. The molecule has 0 aromatic heterocycles. The van der Waals surface area contributed by atoms with Gasteiger partial charge >= 0.3 is 0 Å². The summed E-state index contributed by atoms with van der Waals surface area (Å²) < 4.78 is 13.8. The molecule has 0 atom stereocenters. The molecule has 0 aliphatic rings. The number of carbonyl (C=O) groups is 1. The number of hydrogen-bond donors (Lipinski definition) is 2. The van der Waals surface area contributed by atoms with Gasteiger partial charge in [-0.05, 0) is 49.2 Å². The quantitative estimate of drug-likeness (QED) is 0.813.